The summed E-state index contributed by atoms with van der Waals surface area (Å²) in [5.74, 6) is -0.877. The molecule has 0 heterocycles. The van der Waals surface area contributed by atoms with Gasteiger partial charge in [0.1, 0.15) is 5.75 Å². The number of ether oxygens (including phenoxy) is 1. The van der Waals surface area contributed by atoms with Gasteiger partial charge in [-0.15, -0.1) is 0 Å². The van der Waals surface area contributed by atoms with Crippen molar-refractivity contribution in [2.75, 3.05) is 6.54 Å². The quantitative estimate of drug-likeness (QED) is 0.184. The van der Waals surface area contributed by atoms with Gasteiger partial charge in [-0.05, 0) is 60.0 Å². The minimum atomic E-state index is -0.486. The van der Waals surface area contributed by atoms with Crippen LogP contribution in [-0.4, -0.2) is 30.5 Å². The van der Waals surface area contributed by atoms with E-state index in [1.807, 2.05) is 49.4 Å². The first-order chi connectivity index (χ1) is 16.0. The number of hydrogen-bond donors (Lipinski definition) is 2. The van der Waals surface area contributed by atoms with Crippen LogP contribution >= 0.6 is 0 Å². The zero-order valence-electron chi connectivity index (χ0n) is 18.0. The number of benzene rings is 3. The van der Waals surface area contributed by atoms with Crippen LogP contribution in [0.3, 0.4) is 0 Å². The van der Waals surface area contributed by atoms with E-state index in [2.05, 4.69) is 15.8 Å². The third-order valence-corrected chi connectivity index (χ3v) is 4.51. The third kappa shape index (κ3) is 7.59. The number of rotatable bonds is 8. The molecule has 0 aromatic heterocycles. The van der Waals surface area contributed by atoms with E-state index >= 15 is 0 Å². The Bertz CT molecular complexity index is 1170. The van der Waals surface area contributed by atoms with Crippen LogP contribution in [0.4, 0.5) is 0 Å². The van der Waals surface area contributed by atoms with Crippen LogP contribution in [-0.2, 0) is 9.59 Å². The lowest BCUT2D eigenvalue weighted by atomic mass is 10.1. The number of amides is 2. The Balaban J connectivity index is 1.42. The summed E-state index contributed by atoms with van der Waals surface area (Å²) in [6.07, 6.45) is 4.48. The van der Waals surface area contributed by atoms with Crippen LogP contribution in [0.2, 0.25) is 0 Å². The molecule has 3 aromatic rings. The molecular weight excluding hydrogens is 418 g/mol. The van der Waals surface area contributed by atoms with Crippen molar-refractivity contribution in [2.24, 2.45) is 5.10 Å². The largest absolute Gasteiger partial charge is 0.423 e. The zero-order valence-corrected chi connectivity index (χ0v) is 18.0. The summed E-state index contributed by atoms with van der Waals surface area (Å²) in [6, 6.07) is 23.2. The van der Waals surface area contributed by atoms with E-state index in [-0.39, 0.29) is 12.5 Å². The van der Waals surface area contributed by atoms with Gasteiger partial charge >= 0.3 is 5.97 Å². The van der Waals surface area contributed by atoms with Crippen molar-refractivity contribution in [1.29, 1.82) is 0 Å². The number of aryl methyl sites for hydroxylation is 1. The molecule has 2 amide bonds. The number of esters is 1. The fraction of sp³-hybridized carbons (Fsp3) is 0.0769. The lowest BCUT2D eigenvalue weighted by molar-refractivity contribution is -0.129. The van der Waals surface area contributed by atoms with Gasteiger partial charge in [0.05, 0.1) is 12.8 Å². The lowest BCUT2D eigenvalue weighted by Crippen LogP contribution is -2.35. The molecule has 7 nitrogen and oxygen atoms in total. The second-order valence-corrected chi connectivity index (χ2v) is 7.02. The van der Waals surface area contributed by atoms with Crippen LogP contribution < -0.4 is 15.5 Å². The van der Waals surface area contributed by atoms with Gasteiger partial charge in [0, 0.05) is 11.6 Å². The molecule has 0 fully saturated rings. The zero-order chi connectivity index (χ0) is 23.5. The summed E-state index contributed by atoms with van der Waals surface area (Å²) >= 11 is 0. The molecule has 0 atom stereocenters. The van der Waals surface area contributed by atoms with Gasteiger partial charge in [-0.3, -0.25) is 9.59 Å². The topological polar surface area (TPSA) is 96.9 Å². The van der Waals surface area contributed by atoms with Crippen molar-refractivity contribution in [1.82, 2.24) is 10.7 Å². The fourth-order valence-corrected chi connectivity index (χ4v) is 2.80. The average molecular weight is 441 g/mol. The van der Waals surface area contributed by atoms with Gasteiger partial charge in [-0.2, -0.15) is 5.10 Å². The highest BCUT2D eigenvalue weighted by Crippen LogP contribution is 2.12. The van der Waals surface area contributed by atoms with E-state index in [0.717, 1.165) is 11.1 Å². The maximum absolute atomic E-state index is 12.1. The first-order valence-corrected chi connectivity index (χ1v) is 10.2. The molecule has 0 bridgehead atoms. The second-order valence-electron chi connectivity index (χ2n) is 7.02. The third-order valence-electron chi connectivity index (χ3n) is 4.51. The molecule has 0 saturated heterocycles. The Hall–Kier alpha value is -4.52. The van der Waals surface area contributed by atoms with Crippen molar-refractivity contribution >= 4 is 30.1 Å². The molecule has 166 valence electrons. The van der Waals surface area contributed by atoms with Gasteiger partial charge in [-0.25, -0.2) is 10.2 Å². The molecule has 0 spiro atoms. The average Bonchev–Trinajstić information content (AvgIpc) is 2.83. The molecule has 0 aliphatic rings. The summed E-state index contributed by atoms with van der Waals surface area (Å²) in [5, 5.41) is 6.42. The van der Waals surface area contributed by atoms with Crippen molar-refractivity contribution in [3.05, 3.63) is 107 Å². The highest BCUT2D eigenvalue weighted by Gasteiger charge is 2.09. The maximum atomic E-state index is 12.1. The monoisotopic (exact) mass is 441 g/mol. The molecular formula is C26H23N3O4. The van der Waals surface area contributed by atoms with Crippen LogP contribution in [0.1, 0.15) is 27.0 Å². The molecule has 3 rings (SSSR count). The number of carbonyl (C=O) groups excluding carboxylic acids is 3. The van der Waals surface area contributed by atoms with Gasteiger partial charge < -0.3 is 10.1 Å². The minimum Gasteiger partial charge on any atom is -0.423 e. The van der Waals surface area contributed by atoms with Crippen molar-refractivity contribution in [2.45, 2.75) is 6.92 Å². The molecule has 0 aliphatic heterocycles. The standard InChI is InChI=1S/C26H23N3O4/c1-19-7-5-6-10-23(19)26(32)27-18-24(30)29-28-17-21-11-14-22(15-12-21)33-25(31)16-13-20-8-3-2-4-9-20/h2-17H,18H2,1H3,(H,27,32)(H,29,30)/b16-13+,28-17-. The van der Waals surface area contributed by atoms with Crippen LogP contribution in [0.15, 0.2) is 90.0 Å². The summed E-state index contributed by atoms with van der Waals surface area (Å²) in [5.41, 5.74) is 5.29. The Morgan fingerprint density at radius 2 is 1.58 bits per heavy atom. The maximum Gasteiger partial charge on any atom is 0.336 e. The van der Waals surface area contributed by atoms with E-state index in [0.29, 0.717) is 16.9 Å². The first kappa shape index (κ1) is 23.1. The SMILES string of the molecule is Cc1ccccc1C(=O)NCC(=O)N/N=C\c1ccc(OC(=O)/C=C/c2ccccc2)cc1. The van der Waals surface area contributed by atoms with Gasteiger partial charge in [0.25, 0.3) is 11.8 Å². The molecule has 0 saturated carbocycles. The van der Waals surface area contributed by atoms with Crippen LogP contribution in [0, 0.1) is 6.92 Å². The molecule has 0 unspecified atom stereocenters. The Morgan fingerprint density at radius 3 is 2.30 bits per heavy atom. The van der Waals surface area contributed by atoms with Gasteiger partial charge in [0.15, 0.2) is 0 Å². The number of hydrogen-bond acceptors (Lipinski definition) is 5. The summed E-state index contributed by atoms with van der Waals surface area (Å²) < 4.78 is 5.25. The Labute approximate surface area is 191 Å². The number of carbonyl (C=O) groups is 3. The predicted octanol–water partition coefficient (Wildman–Crippen LogP) is 3.49. The van der Waals surface area contributed by atoms with Crippen LogP contribution in [0.5, 0.6) is 5.75 Å². The number of nitrogens with zero attached hydrogens (tertiary/aromatic N) is 1. The van der Waals surface area contributed by atoms with Gasteiger partial charge in [-0.1, -0.05) is 48.5 Å². The minimum absolute atomic E-state index is 0.199. The molecule has 7 heteroatoms. The first-order valence-electron chi connectivity index (χ1n) is 10.2. The van der Waals surface area contributed by atoms with Crippen molar-refractivity contribution in [3.63, 3.8) is 0 Å². The van der Waals surface area contributed by atoms with E-state index < -0.39 is 11.9 Å². The molecule has 33 heavy (non-hydrogen) atoms. The normalized spacial score (nSPS) is 10.8. The van der Waals surface area contributed by atoms with Crippen molar-refractivity contribution in [3.8, 4) is 5.75 Å². The molecule has 0 radical (unpaired) electrons. The number of nitrogens with one attached hydrogen (secondary N) is 2. The number of hydrazone groups is 1. The second kappa shape index (κ2) is 11.8. The molecule has 2 N–H and O–H groups in total. The van der Waals surface area contributed by atoms with Crippen LogP contribution in [0.25, 0.3) is 6.08 Å². The van der Waals surface area contributed by atoms with Crippen molar-refractivity contribution < 1.29 is 19.1 Å². The van der Waals surface area contributed by atoms with E-state index in [1.54, 1.807) is 42.5 Å². The Kier molecular flexibility index (Phi) is 8.25. The highest BCUT2D eigenvalue weighted by molar-refractivity contribution is 5.97. The van der Waals surface area contributed by atoms with Gasteiger partial charge in [0.2, 0.25) is 0 Å². The lowest BCUT2D eigenvalue weighted by Gasteiger charge is -2.06. The van der Waals surface area contributed by atoms with E-state index in [9.17, 15) is 14.4 Å². The molecule has 0 aliphatic carbocycles. The predicted molar refractivity (Wildman–Crippen MR) is 127 cm³/mol. The van der Waals surface area contributed by atoms with E-state index in [1.165, 1.54) is 12.3 Å². The summed E-state index contributed by atoms with van der Waals surface area (Å²) in [6.45, 7) is 1.63. The fourth-order valence-electron chi connectivity index (χ4n) is 2.80. The highest BCUT2D eigenvalue weighted by atomic mass is 16.5. The smallest absolute Gasteiger partial charge is 0.336 e. The van der Waals surface area contributed by atoms with E-state index in [4.69, 9.17) is 4.74 Å². The Morgan fingerprint density at radius 1 is 0.879 bits per heavy atom. The molecule has 3 aromatic carbocycles. The summed E-state index contributed by atoms with van der Waals surface area (Å²) in [7, 11) is 0. The summed E-state index contributed by atoms with van der Waals surface area (Å²) in [4.78, 5) is 35.9.